The first-order valence-corrected chi connectivity index (χ1v) is 6.53. The zero-order valence-electron chi connectivity index (χ0n) is 9.04. The van der Waals surface area contributed by atoms with E-state index in [1.165, 1.54) is 24.2 Å². The van der Waals surface area contributed by atoms with Crippen LogP contribution in [0.5, 0.6) is 0 Å². The Morgan fingerprint density at radius 3 is 2.31 bits per heavy atom. The van der Waals surface area contributed by atoms with Crippen LogP contribution < -0.4 is 5.32 Å². The highest BCUT2D eigenvalue weighted by atomic mass is 35.5. The molecule has 88 valence electrons. The van der Waals surface area contributed by atoms with Gasteiger partial charge >= 0.3 is 0 Å². The van der Waals surface area contributed by atoms with Crippen molar-refractivity contribution < 1.29 is 4.79 Å². The van der Waals surface area contributed by atoms with E-state index in [0.717, 1.165) is 4.90 Å². The molecule has 1 aromatic carbocycles. The standard InChI is InChI=1S/C11H13Cl2NOS/c1-7-3-5-9(6-4-7)16-11(10(12)13)14-8(2)15/h3-6,10-11H,1-2H3,(H,14,15)/t11-/m1/s1. The Morgan fingerprint density at radius 2 is 1.88 bits per heavy atom. The maximum absolute atomic E-state index is 11.0. The first-order chi connectivity index (χ1) is 7.49. The van der Waals surface area contributed by atoms with Gasteiger partial charge in [0.05, 0.1) is 0 Å². The summed E-state index contributed by atoms with van der Waals surface area (Å²) >= 11 is 13.0. The van der Waals surface area contributed by atoms with Gasteiger partial charge in [0, 0.05) is 11.8 Å². The maximum atomic E-state index is 11.0. The maximum Gasteiger partial charge on any atom is 0.217 e. The third-order valence-electron chi connectivity index (χ3n) is 1.86. The number of nitrogens with one attached hydrogen (secondary N) is 1. The average molecular weight is 278 g/mol. The highest BCUT2D eigenvalue weighted by Crippen LogP contribution is 2.27. The summed E-state index contributed by atoms with van der Waals surface area (Å²) in [6.45, 7) is 3.46. The van der Waals surface area contributed by atoms with E-state index < -0.39 is 4.84 Å². The van der Waals surface area contributed by atoms with Crippen molar-refractivity contribution in [3.8, 4) is 0 Å². The van der Waals surface area contributed by atoms with Crippen molar-refractivity contribution in [1.29, 1.82) is 0 Å². The van der Waals surface area contributed by atoms with Gasteiger partial charge in [0.1, 0.15) is 10.2 Å². The number of hydrogen-bond donors (Lipinski definition) is 1. The molecule has 0 aliphatic rings. The van der Waals surface area contributed by atoms with E-state index in [-0.39, 0.29) is 11.3 Å². The number of alkyl halides is 2. The van der Waals surface area contributed by atoms with Crippen molar-refractivity contribution in [2.24, 2.45) is 0 Å². The average Bonchev–Trinajstić information content (AvgIpc) is 2.19. The summed E-state index contributed by atoms with van der Waals surface area (Å²) in [6, 6.07) is 7.96. The number of halogens is 2. The SMILES string of the molecule is CC(=O)N[C@H](Sc1ccc(C)cc1)C(Cl)Cl. The largest absolute Gasteiger partial charge is 0.342 e. The minimum atomic E-state index is -0.643. The molecule has 1 amide bonds. The number of aryl methyl sites for hydroxylation is 1. The molecule has 0 bridgehead atoms. The highest BCUT2D eigenvalue weighted by Gasteiger charge is 2.19. The van der Waals surface area contributed by atoms with Crippen LogP contribution in [0.2, 0.25) is 0 Å². The van der Waals surface area contributed by atoms with Crippen molar-refractivity contribution in [2.75, 3.05) is 0 Å². The Balaban J connectivity index is 2.67. The lowest BCUT2D eigenvalue weighted by Crippen LogP contribution is -2.35. The molecule has 0 heterocycles. The summed E-state index contributed by atoms with van der Waals surface area (Å²) in [4.78, 5) is 11.3. The lowest BCUT2D eigenvalue weighted by molar-refractivity contribution is -0.119. The Hall–Kier alpha value is -0.380. The van der Waals surface area contributed by atoms with Gasteiger partial charge in [0.15, 0.2) is 0 Å². The van der Waals surface area contributed by atoms with Crippen molar-refractivity contribution in [1.82, 2.24) is 5.32 Å². The molecule has 0 radical (unpaired) electrons. The van der Waals surface area contributed by atoms with Crippen LogP contribution in [0.4, 0.5) is 0 Å². The molecular formula is C11H13Cl2NOS. The van der Waals surface area contributed by atoms with Crippen molar-refractivity contribution in [2.45, 2.75) is 29.0 Å². The Labute approximate surface area is 110 Å². The van der Waals surface area contributed by atoms with Crippen LogP contribution >= 0.6 is 35.0 Å². The van der Waals surface area contributed by atoms with E-state index in [9.17, 15) is 4.79 Å². The second-order valence-corrected chi connectivity index (χ2v) is 5.77. The molecule has 2 nitrogen and oxygen atoms in total. The molecule has 0 unspecified atom stereocenters. The quantitative estimate of drug-likeness (QED) is 0.520. The van der Waals surface area contributed by atoms with Gasteiger partial charge in [-0.25, -0.2) is 0 Å². The van der Waals surface area contributed by atoms with Crippen molar-refractivity contribution in [3.05, 3.63) is 29.8 Å². The van der Waals surface area contributed by atoms with Crippen LogP contribution in [0.3, 0.4) is 0 Å². The number of benzene rings is 1. The minimum Gasteiger partial charge on any atom is -0.342 e. The predicted octanol–water partition coefficient (Wildman–Crippen LogP) is 3.35. The Morgan fingerprint density at radius 1 is 1.31 bits per heavy atom. The second kappa shape index (κ2) is 6.38. The van der Waals surface area contributed by atoms with E-state index in [2.05, 4.69) is 5.32 Å². The monoisotopic (exact) mass is 277 g/mol. The van der Waals surface area contributed by atoms with Gasteiger partial charge in [-0.15, -0.1) is 23.2 Å². The fourth-order valence-corrected chi connectivity index (χ4v) is 2.46. The predicted molar refractivity (Wildman–Crippen MR) is 70.1 cm³/mol. The molecule has 0 spiro atoms. The van der Waals surface area contributed by atoms with Gasteiger partial charge in [-0.05, 0) is 19.1 Å². The smallest absolute Gasteiger partial charge is 0.217 e. The molecule has 1 rings (SSSR count). The molecule has 1 atom stereocenters. The van der Waals surface area contributed by atoms with Crippen LogP contribution in [-0.4, -0.2) is 16.1 Å². The Bertz CT molecular complexity index is 354. The first-order valence-electron chi connectivity index (χ1n) is 4.77. The van der Waals surface area contributed by atoms with Crippen molar-refractivity contribution in [3.63, 3.8) is 0 Å². The van der Waals surface area contributed by atoms with Gasteiger partial charge < -0.3 is 5.32 Å². The van der Waals surface area contributed by atoms with E-state index in [1.54, 1.807) is 0 Å². The van der Waals surface area contributed by atoms with E-state index in [1.807, 2.05) is 31.2 Å². The molecule has 5 heteroatoms. The summed E-state index contributed by atoms with van der Waals surface area (Å²) in [5.41, 5.74) is 1.19. The van der Waals surface area contributed by atoms with Crippen molar-refractivity contribution >= 4 is 40.9 Å². The summed E-state index contributed by atoms with van der Waals surface area (Å²) in [5.74, 6) is -0.143. The first kappa shape index (κ1) is 13.7. The third-order valence-corrected chi connectivity index (χ3v) is 3.85. The van der Waals surface area contributed by atoms with Crippen LogP contribution in [0.25, 0.3) is 0 Å². The van der Waals surface area contributed by atoms with Gasteiger partial charge in [0.2, 0.25) is 5.91 Å². The summed E-state index contributed by atoms with van der Waals surface area (Å²) < 4.78 is 0. The van der Waals surface area contributed by atoms with E-state index in [0.29, 0.717) is 0 Å². The number of carbonyl (C=O) groups is 1. The number of rotatable bonds is 4. The summed E-state index contributed by atoms with van der Waals surface area (Å²) in [7, 11) is 0. The molecule has 0 aliphatic carbocycles. The molecule has 0 saturated heterocycles. The molecule has 0 aromatic heterocycles. The van der Waals surface area contributed by atoms with Gasteiger partial charge in [0.25, 0.3) is 0 Å². The molecule has 0 saturated carbocycles. The zero-order valence-corrected chi connectivity index (χ0v) is 11.4. The normalized spacial score (nSPS) is 12.6. The van der Waals surface area contributed by atoms with Crippen LogP contribution in [0.1, 0.15) is 12.5 Å². The zero-order chi connectivity index (χ0) is 12.1. The lowest BCUT2D eigenvalue weighted by Gasteiger charge is -2.18. The topological polar surface area (TPSA) is 29.1 Å². The molecule has 16 heavy (non-hydrogen) atoms. The molecule has 0 fully saturated rings. The van der Waals surface area contributed by atoms with Crippen LogP contribution in [-0.2, 0) is 4.79 Å². The minimum absolute atomic E-state index is 0.143. The highest BCUT2D eigenvalue weighted by molar-refractivity contribution is 8.00. The van der Waals surface area contributed by atoms with Gasteiger partial charge in [-0.3, -0.25) is 4.79 Å². The second-order valence-electron chi connectivity index (χ2n) is 3.39. The number of thioether (sulfide) groups is 1. The molecular weight excluding hydrogens is 265 g/mol. The number of amides is 1. The molecule has 0 aliphatic heterocycles. The summed E-state index contributed by atoms with van der Waals surface area (Å²) in [5, 5.41) is 2.37. The fourth-order valence-electron chi connectivity index (χ4n) is 1.11. The van der Waals surface area contributed by atoms with E-state index in [4.69, 9.17) is 23.2 Å². The van der Waals surface area contributed by atoms with Gasteiger partial charge in [-0.2, -0.15) is 0 Å². The molecule has 1 N–H and O–H groups in total. The van der Waals surface area contributed by atoms with E-state index >= 15 is 0 Å². The Kier molecular flexibility index (Phi) is 5.46. The van der Waals surface area contributed by atoms with Crippen LogP contribution in [0.15, 0.2) is 29.2 Å². The number of carbonyl (C=O) groups excluding carboxylic acids is 1. The van der Waals surface area contributed by atoms with Crippen LogP contribution in [0, 0.1) is 6.92 Å². The number of hydrogen-bond acceptors (Lipinski definition) is 2. The fraction of sp³-hybridized carbons (Fsp3) is 0.364. The third kappa shape index (κ3) is 4.64. The van der Waals surface area contributed by atoms with Gasteiger partial charge in [-0.1, -0.05) is 29.5 Å². The summed E-state index contributed by atoms with van der Waals surface area (Å²) in [6.07, 6.45) is 0. The molecule has 1 aromatic rings. The lowest BCUT2D eigenvalue weighted by atomic mass is 10.2.